The van der Waals surface area contributed by atoms with Crippen LogP contribution < -0.4 is 5.73 Å². The number of carboxylic acids is 1. The van der Waals surface area contributed by atoms with Crippen LogP contribution in [-0.2, 0) is 9.53 Å². The third kappa shape index (κ3) is 4.09. The lowest BCUT2D eigenvalue weighted by atomic mass is 9.97. The molecule has 0 amide bonds. The highest BCUT2D eigenvalue weighted by molar-refractivity contribution is 7.99. The van der Waals surface area contributed by atoms with Crippen molar-refractivity contribution < 1.29 is 19.4 Å². The maximum atomic E-state index is 11.5. The average Bonchev–Trinajstić information content (AvgIpc) is 2.36. The number of hydrogen-bond donors (Lipinski definition) is 2. The molecule has 0 aliphatic heterocycles. The lowest BCUT2D eigenvalue weighted by Crippen LogP contribution is -2.26. The van der Waals surface area contributed by atoms with Crippen LogP contribution in [0.3, 0.4) is 0 Å². The molecule has 0 bridgehead atoms. The lowest BCUT2D eigenvalue weighted by molar-refractivity contribution is -0.145. The maximum absolute atomic E-state index is 11.5. The standard InChI is InChI=1S/C12H17N3O4S/c1-4-19-9(16)7-5-14-11(15-8(7)13)20-6-12(2,3)10(17)18/h5H,4,6H2,1-3H3,(H,17,18)(H2,13,14,15). The van der Waals surface area contributed by atoms with Gasteiger partial charge in [-0.3, -0.25) is 4.79 Å². The van der Waals surface area contributed by atoms with Crippen molar-refractivity contribution >= 4 is 29.5 Å². The normalized spacial score (nSPS) is 11.2. The van der Waals surface area contributed by atoms with Gasteiger partial charge in [0.1, 0.15) is 11.4 Å². The van der Waals surface area contributed by atoms with Crippen molar-refractivity contribution in [1.29, 1.82) is 0 Å². The van der Waals surface area contributed by atoms with E-state index < -0.39 is 17.4 Å². The summed E-state index contributed by atoms with van der Waals surface area (Å²) in [6.45, 7) is 5.14. The molecule has 0 unspecified atom stereocenters. The Morgan fingerprint density at radius 3 is 2.65 bits per heavy atom. The number of nitrogen functional groups attached to an aromatic ring is 1. The molecule has 0 aliphatic rings. The number of carbonyl (C=O) groups excluding carboxylic acids is 1. The van der Waals surface area contributed by atoms with Crippen LogP contribution in [0.25, 0.3) is 0 Å². The van der Waals surface area contributed by atoms with Gasteiger partial charge >= 0.3 is 11.9 Å². The van der Waals surface area contributed by atoms with E-state index in [0.29, 0.717) is 10.9 Å². The van der Waals surface area contributed by atoms with Crippen molar-refractivity contribution in [2.75, 3.05) is 18.1 Å². The quantitative estimate of drug-likeness (QED) is 0.460. The number of carbonyl (C=O) groups is 2. The third-order valence-corrected chi connectivity index (χ3v) is 3.75. The molecular formula is C12H17N3O4S. The van der Waals surface area contributed by atoms with Gasteiger partial charge in [0.2, 0.25) is 0 Å². The molecule has 1 aromatic heterocycles. The van der Waals surface area contributed by atoms with Crippen molar-refractivity contribution in [3.05, 3.63) is 11.8 Å². The fourth-order valence-corrected chi connectivity index (χ4v) is 2.02. The SMILES string of the molecule is CCOC(=O)c1cnc(SCC(C)(C)C(=O)O)nc1N. The first-order valence-electron chi connectivity index (χ1n) is 5.93. The molecule has 0 spiro atoms. The summed E-state index contributed by atoms with van der Waals surface area (Å²) in [5.74, 6) is -1.16. The fourth-order valence-electron chi connectivity index (χ4n) is 1.12. The highest BCUT2D eigenvalue weighted by Crippen LogP contribution is 2.26. The summed E-state index contributed by atoms with van der Waals surface area (Å²) >= 11 is 1.17. The van der Waals surface area contributed by atoms with Crippen molar-refractivity contribution in [2.45, 2.75) is 25.9 Å². The molecule has 0 atom stereocenters. The van der Waals surface area contributed by atoms with E-state index in [1.165, 1.54) is 18.0 Å². The molecule has 0 aromatic carbocycles. The summed E-state index contributed by atoms with van der Waals surface area (Å²) in [7, 11) is 0. The van der Waals surface area contributed by atoms with E-state index >= 15 is 0 Å². The molecule has 7 nitrogen and oxygen atoms in total. The smallest absolute Gasteiger partial charge is 0.343 e. The van der Waals surface area contributed by atoms with Gasteiger partial charge in [-0.1, -0.05) is 11.8 Å². The molecule has 0 radical (unpaired) electrons. The van der Waals surface area contributed by atoms with Crippen LogP contribution in [0.4, 0.5) is 5.82 Å². The molecule has 0 aliphatic carbocycles. The molecule has 0 saturated heterocycles. The number of aliphatic carboxylic acids is 1. The van der Waals surface area contributed by atoms with Crippen LogP contribution >= 0.6 is 11.8 Å². The van der Waals surface area contributed by atoms with E-state index in [9.17, 15) is 9.59 Å². The van der Waals surface area contributed by atoms with E-state index in [4.69, 9.17) is 15.6 Å². The summed E-state index contributed by atoms with van der Waals surface area (Å²) < 4.78 is 4.81. The Bertz CT molecular complexity index is 519. The van der Waals surface area contributed by atoms with E-state index in [-0.39, 0.29) is 18.0 Å². The van der Waals surface area contributed by atoms with Crippen LogP contribution in [0.1, 0.15) is 31.1 Å². The first-order valence-corrected chi connectivity index (χ1v) is 6.92. The zero-order valence-corrected chi connectivity index (χ0v) is 12.4. The highest BCUT2D eigenvalue weighted by Gasteiger charge is 2.27. The molecule has 0 fully saturated rings. The van der Waals surface area contributed by atoms with Gasteiger partial charge in [-0.2, -0.15) is 0 Å². The Balaban J connectivity index is 2.78. The Morgan fingerprint density at radius 1 is 1.50 bits per heavy atom. The van der Waals surface area contributed by atoms with Gasteiger partial charge in [-0.05, 0) is 20.8 Å². The number of ether oxygens (including phenoxy) is 1. The minimum absolute atomic E-state index is 0.0223. The molecule has 0 saturated carbocycles. The van der Waals surface area contributed by atoms with Gasteiger partial charge in [-0.25, -0.2) is 14.8 Å². The maximum Gasteiger partial charge on any atom is 0.343 e. The summed E-state index contributed by atoms with van der Waals surface area (Å²) in [4.78, 5) is 30.5. The summed E-state index contributed by atoms with van der Waals surface area (Å²) in [6.07, 6.45) is 1.29. The number of thioether (sulfide) groups is 1. The molecule has 3 N–H and O–H groups in total. The van der Waals surface area contributed by atoms with Gasteiger partial charge in [0.25, 0.3) is 0 Å². The van der Waals surface area contributed by atoms with Crippen molar-refractivity contribution in [2.24, 2.45) is 5.41 Å². The van der Waals surface area contributed by atoms with Gasteiger partial charge < -0.3 is 15.6 Å². The molecule has 8 heteroatoms. The number of rotatable bonds is 6. The van der Waals surface area contributed by atoms with Crippen LogP contribution in [0.5, 0.6) is 0 Å². The number of nitrogens with two attached hydrogens (primary N) is 1. The number of carboxylic acid groups (broad SMARTS) is 1. The number of aromatic nitrogens is 2. The van der Waals surface area contributed by atoms with E-state index in [1.54, 1.807) is 20.8 Å². The van der Waals surface area contributed by atoms with E-state index in [1.807, 2.05) is 0 Å². The molecule has 1 rings (SSSR count). The topological polar surface area (TPSA) is 115 Å². The minimum atomic E-state index is -0.902. The highest BCUT2D eigenvalue weighted by atomic mass is 32.2. The Kier molecular flexibility index (Phi) is 5.32. The summed E-state index contributed by atoms with van der Waals surface area (Å²) in [5, 5.41) is 9.33. The van der Waals surface area contributed by atoms with Crippen LogP contribution in [0.2, 0.25) is 0 Å². The van der Waals surface area contributed by atoms with E-state index in [2.05, 4.69) is 9.97 Å². The first-order chi connectivity index (χ1) is 9.27. The summed E-state index contributed by atoms with van der Waals surface area (Å²) in [5.41, 5.74) is 4.88. The van der Waals surface area contributed by atoms with Crippen molar-refractivity contribution in [1.82, 2.24) is 9.97 Å². The van der Waals surface area contributed by atoms with Gasteiger partial charge in [0.05, 0.1) is 12.0 Å². The van der Waals surface area contributed by atoms with E-state index in [0.717, 1.165) is 0 Å². The first kappa shape index (κ1) is 16.2. The monoisotopic (exact) mass is 299 g/mol. The van der Waals surface area contributed by atoms with Crippen molar-refractivity contribution in [3.8, 4) is 0 Å². The molecule has 1 aromatic rings. The zero-order valence-electron chi connectivity index (χ0n) is 11.5. The summed E-state index contributed by atoms with van der Waals surface area (Å²) in [6, 6.07) is 0. The molecule has 110 valence electrons. The third-order valence-electron chi connectivity index (χ3n) is 2.43. The predicted octanol–water partition coefficient (Wildman–Crippen LogP) is 1.44. The second-order valence-electron chi connectivity index (χ2n) is 4.65. The number of esters is 1. The average molecular weight is 299 g/mol. The lowest BCUT2D eigenvalue weighted by Gasteiger charge is -2.17. The zero-order chi connectivity index (χ0) is 15.3. The number of anilines is 1. The number of hydrogen-bond acceptors (Lipinski definition) is 7. The van der Waals surface area contributed by atoms with Gasteiger partial charge in [0.15, 0.2) is 5.16 Å². The molecular weight excluding hydrogens is 282 g/mol. The fraction of sp³-hybridized carbons (Fsp3) is 0.500. The van der Waals surface area contributed by atoms with Crippen LogP contribution in [-0.4, -0.2) is 39.4 Å². The molecule has 20 heavy (non-hydrogen) atoms. The van der Waals surface area contributed by atoms with Crippen LogP contribution in [0.15, 0.2) is 11.4 Å². The second kappa shape index (κ2) is 6.56. The van der Waals surface area contributed by atoms with Gasteiger partial charge in [0, 0.05) is 11.9 Å². The Hall–Kier alpha value is -1.83. The minimum Gasteiger partial charge on any atom is -0.481 e. The Labute approximate surface area is 120 Å². The molecule has 1 heterocycles. The largest absolute Gasteiger partial charge is 0.481 e. The second-order valence-corrected chi connectivity index (χ2v) is 5.59. The van der Waals surface area contributed by atoms with Gasteiger partial charge in [-0.15, -0.1) is 0 Å². The van der Waals surface area contributed by atoms with Crippen LogP contribution in [0, 0.1) is 5.41 Å². The Morgan fingerprint density at radius 2 is 2.15 bits per heavy atom. The number of nitrogens with zero attached hydrogens (tertiary/aromatic N) is 2. The van der Waals surface area contributed by atoms with Crippen molar-refractivity contribution in [3.63, 3.8) is 0 Å². The predicted molar refractivity (Wildman–Crippen MR) is 74.5 cm³/mol.